The molecule has 0 radical (unpaired) electrons. The van der Waals surface area contributed by atoms with Gasteiger partial charge in [-0.3, -0.25) is 14.8 Å². The molecule has 1 aliphatic heterocycles. The number of aliphatic hydroxyl groups is 1. The molecule has 8 nitrogen and oxygen atoms in total. The van der Waals surface area contributed by atoms with E-state index in [1.54, 1.807) is 17.2 Å². The second-order valence-corrected chi connectivity index (χ2v) is 13.1. The fourth-order valence-electron chi connectivity index (χ4n) is 5.69. The van der Waals surface area contributed by atoms with Crippen molar-refractivity contribution in [3.8, 4) is 11.1 Å². The minimum Gasteiger partial charge on any atom is -0.392 e. The topological polar surface area (TPSA) is 117 Å². The van der Waals surface area contributed by atoms with Crippen LogP contribution < -0.4 is 10.8 Å². The predicted molar refractivity (Wildman–Crippen MR) is 187 cm³/mol. The van der Waals surface area contributed by atoms with Crippen molar-refractivity contribution < 1.29 is 29.4 Å². The monoisotopic (exact) mass is 668 g/mol. The second-order valence-electron chi connectivity index (χ2n) is 12.0. The van der Waals surface area contributed by atoms with Crippen LogP contribution in [0.4, 0.5) is 0 Å². The Kier molecular flexibility index (Phi) is 13.6. The van der Waals surface area contributed by atoms with Crippen LogP contribution in [0.25, 0.3) is 11.1 Å². The average molecular weight is 669 g/mol. The molecule has 1 fully saturated rings. The maximum Gasteiger partial charge on any atom is 0.243 e. The van der Waals surface area contributed by atoms with E-state index in [1.165, 1.54) is 4.90 Å². The van der Waals surface area contributed by atoms with Crippen molar-refractivity contribution in [3.05, 3.63) is 125 Å². The van der Waals surface area contributed by atoms with Gasteiger partial charge in [-0.1, -0.05) is 97.8 Å². The predicted octanol–water partition coefficient (Wildman–Crippen LogP) is 7.65. The summed E-state index contributed by atoms with van der Waals surface area (Å²) in [6.45, 7) is 0.462. The lowest BCUT2D eigenvalue weighted by atomic mass is 9.99. The first kappa shape index (κ1) is 35.3. The summed E-state index contributed by atoms with van der Waals surface area (Å²) in [5.74, 6) is 0.437. The van der Waals surface area contributed by atoms with Gasteiger partial charge in [0.05, 0.1) is 18.8 Å². The first-order valence-corrected chi connectivity index (χ1v) is 17.6. The zero-order valence-electron chi connectivity index (χ0n) is 27.1. The number of benzene rings is 4. The van der Waals surface area contributed by atoms with E-state index in [-0.39, 0.29) is 30.6 Å². The van der Waals surface area contributed by atoms with Crippen molar-refractivity contribution in [2.45, 2.75) is 81.5 Å². The average Bonchev–Trinajstić information content (AvgIpc) is 3.15. The number of rotatable bonds is 16. The maximum absolute atomic E-state index is 12.4. The van der Waals surface area contributed by atoms with E-state index in [2.05, 4.69) is 53.8 Å². The summed E-state index contributed by atoms with van der Waals surface area (Å²) in [4.78, 5) is 24.7. The van der Waals surface area contributed by atoms with E-state index in [0.29, 0.717) is 25.8 Å². The number of carbonyl (C=O) groups excluding carboxylic acids is 2. The van der Waals surface area contributed by atoms with Crippen LogP contribution in [0.2, 0.25) is 0 Å². The van der Waals surface area contributed by atoms with Crippen molar-refractivity contribution in [1.29, 1.82) is 0 Å². The van der Waals surface area contributed by atoms with Crippen molar-refractivity contribution >= 4 is 23.6 Å². The fourth-order valence-corrected chi connectivity index (χ4v) is 6.63. The number of hydrogen-bond donors (Lipinski definition) is 4. The molecule has 0 saturated carbocycles. The molecule has 5 rings (SSSR count). The standard InChI is InChI=1S/C39H44N2O6S/c42-26-28-15-17-31(18-16-28)36-24-34(27-48-35-11-4-3-5-12-35)46-39(47-36)32-21-19-30(20-22-32)33-10-8-9-29(23-33)25-40-37(43)13-6-1-2-7-14-38(44)41-45/h3-5,8-12,15-23,34,36,39,42,45H,1-2,6-7,13-14,24-27H2,(H,40,43)(H,41,44). The molecule has 48 heavy (non-hydrogen) atoms. The van der Waals surface area contributed by atoms with Crippen LogP contribution in [0.1, 0.15) is 79.6 Å². The Morgan fingerprint density at radius 2 is 1.44 bits per heavy atom. The highest BCUT2D eigenvalue weighted by Crippen LogP contribution is 2.40. The van der Waals surface area contributed by atoms with Crippen LogP contribution in [0.3, 0.4) is 0 Å². The Labute approximate surface area is 286 Å². The molecule has 0 bridgehead atoms. The Hall–Kier alpha value is -3.99. The summed E-state index contributed by atoms with van der Waals surface area (Å²) in [6, 6.07) is 34.7. The number of amides is 2. The van der Waals surface area contributed by atoms with Gasteiger partial charge in [-0.15, -0.1) is 11.8 Å². The summed E-state index contributed by atoms with van der Waals surface area (Å²) in [6.07, 6.45) is 3.97. The molecule has 0 spiro atoms. The molecule has 3 atom stereocenters. The highest BCUT2D eigenvalue weighted by molar-refractivity contribution is 7.99. The molecular weight excluding hydrogens is 625 g/mol. The molecule has 252 valence electrons. The van der Waals surface area contributed by atoms with Gasteiger partial charge in [-0.2, -0.15) is 0 Å². The van der Waals surface area contributed by atoms with Crippen LogP contribution in [0.15, 0.2) is 108 Å². The number of nitrogens with one attached hydrogen (secondary N) is 2. The highest BCUT2D eigenvalue weighted by atomic mass is 32.2. The first-order chi connectivity index (χ1) is 23.5. The summed E-state index contributed by atoms with van der Waals surface area (Å²) < 4.78 is 13.1. The number of thioether (sulfide) groups is 1. The van der Waals surface area contributed by atoms with Gasteiger partial charge in [0.2, 0.25) is 11.8 Å². The molecule has 4 N–H and O–H groups in total. The third-order valence-corrected chi connectivity index (χ3v) is 9.55. The molecule has 9 heteroatoms. The Bertz CT molecular complexity index is 1580. The van der Waals surface area contributed by atoms with E-state index in [1.807, 2.05) is 54.6 Å². The van der Waals surface area contributed by atoms with Gasteiger partial charge >= 0.3 is 0 Å². The molecule has 4 aromatic carbocycles. The van der Waals surface area contributed by atoms with Crippen LogP contribution >= 0.6 is 11.8 Å². The van der Waals surface area contributed by atoms with Gasteiger partial charge in [0.15, 0.2) is 6.29 Å². The fraction of sp³-hybridized carbons (Fsp3) is 0.333. The molecule has 1 aliphatic rings. The third kappa shape index (κ3) is 10.8. The van der Waals surface area contributed by atoms with E-state index < -0.39 is 6.29 Å². The molecule has 3 unspecified atom stereocenters. The third-order valence-electron chi connectivity index (χ3n) is 8.41. The van der Waals surface area contributed by atoms with E-state index in [4.69, 9.17) is 14.7 Å². The van der Waals surface area contributed by atoms with E-state index in [9.17, 15) is 14.7 Å². The van der Waals surface area contributed by atoms with Gasteiger partial charge in [0, 0.05) is 42.0 Å². The molecule has 0 aliphatic carbocycles. The van der Waals surface area contributed by atoms with Crippen molar-refractivity contribution in [1.82, 2.24) is 10.8 Å². The Morgan fingerprint density at radius 3 is 2.15 bits per heavy atom. The second kappa shape index (κ2) is 18.5. The van der Waals surface area contributed by atoms with Gasteiger partial charge < -0.3 is 19.9 Å². The Balaban J connectivity index is 1.18. The number of hydroxylamine groups is 1. The number of carbonyl (C=O) groups is 2. The molecule has 2 amide bonds. The lowest BCUT2D eigenvalue weighted by Gasteiger charge is -2.36. The maximum atomic E-state index is 12.4. The lowest BCUT2D eigenvalue weighted by Crippen LogP contribution is -2.31. The number of hydrogen-bond acceptors (Lipinski definition) is 7. The van der Waals surface area contributed by atoms with Crippen molar-refractivity contribution in [2.24, 2.45) is 0 Å². The SMILES string of the molecule is O=C(CCCCCCC(=O)NCc1cccc(-c2ccc(C3OC(CSc4ccccc4)CC(c4ccc(CO)cc4)O3)cc2)c1)NO. The van der Waals surface area contributed by atoms with Crippen molar-refractivity contribution in [2.75, 3.05) is 5.75 Å². The van der Waals surface area contributed by atoms with Crippen LogP contribution in [-0.2, 0) is 32.2 Å². The molecule has 1 heterocycles. The highest BCUT2D eigenvalue weighted by Gasteiger charge is 2.32. The Morgan fingerprint density at radius 1 is 0.729 bits per heavy atom. The summed E-state index contributed by atoms with van der Waals surface area (Å²) in [5, 5.41) is 21.1. The number of unbranched alkanes of at least 4 members (excludes halogenated alkanes) is 3. The van der Waals surface area contributed by atoms with Crippen molar-refractivity contribution in [3.63, 3.8) is 0 Å². The van der Waals surface area contributed by atoms with Gasteiger partial charge in [-0.05, 0) is 58.9 Å². The van der Waals surface area contributed by atoms with Crippen LogP contribution in [0, 0.1) is 0 Å². The number of aliphatic hydroxyl groups excluding tert-OH is 1. The zero-order chi connectivity index (χ0) is 33.6. The van der Waals surface area contributed by atoms with Gasteiger partial charge in [0.25, 0.3) is 0 Å². The van der Waals surface area contributed by atoms with Gasteiger partial charge in [0.1, 0.15) is 0 Å². The zero-order valence-corrected chi connectivity index (χ0v) is 27.9. The molecule has 4 aromatic rings. The molecular formula is C39H44N2O6S. The summed E-state index contributed by atoms with van der Waals surface area (Å²) in [7, 11) is 0. The summed E-state index contributed by atoms with van der Waals surface area (Å²) >= 11 is 1.78. The van der Waals surface area contributed by atoms with E-state index >= 15 is 0 Å². The minimum absolute atomic E-state index is 0.00783. The normalized spacial score (nSPS) is 17.5. The van der Waals surface area contributed by atoms with Crippen LogP contribution in [-0.4, -0.2) is 34.0 Å². The van der Waals surface area contributed by atoms with Crippen LogP contribution in [0.5, 0.6) is 0 Å². The first-order valence-electron chi connectivity index (χ1n) is 16.6. The molecule has 1 saturated heterocycles. The quantitative estimate of drug-likeness (QED) is 0.0420. The van der Waals surface area contributed by atoms with E-state index in [0.717, 1.165) is 64.8 Å². The minimum atomic E-state index is -0.515. The molecule has 0 aromatic heterocycles. The van der Waals surface area contributed by atoms with Gasteiger partial charge in [-0.25, -0.2) is 5.48 Å². The number of ether oxygens (including phenoxy) is 2. The summed E-state index contributed by atoms with van der Waals surface area (Å²) in [5.41, 5.74) is 7.67. The smallest absolute Gasteiger partial charge is 0.243 e. The lowest BCUT2D eigenvalue weighted by molar-refractivity contribution is -0.245. The largest absolute Gasteiger partial charge is 0.392 e.